The van der Waals surface area contributed by atoms with Gasteiger partial charge in [-0.1, -0.05) is 18.2 Å². The van der Waals surface area contributed by atoms with Crippen molar-refractivity contribution in [3.8, 4) is 11.3 Å². The molecule has 0 saturated carbocycles. The molecule has 0 spiro atoms. The number of nitrogens with zero attached hydrogens (tertiary/aromatic N) is 2. The zero-order valence-corrected chi connectivity index (χ0v) is 10.9. The van der Waals surface area contributed by atoms with Crippen LogP contribution in [-0.2, 0) is 11.3 Å². The molecule has 2 rings (SSSR count). The molecule has 1 heterocycles. The number of aromatic nitrogens is 2. The summed E-state index contributed by atoms with van der Waals surface area (Å²) in [5.74, 6) is 1.07. The van der Waals surface area contributed by atoms with Gasteiger partial charge in [0.1, 0.15) is 12.4 Å². The number of benzene rings is 1. The molecule has 0 bridgehead atoms. The van der Waals surface area contributed by atoms with Gasteiger partial charge in [0.15, 0.2) is 5.82 Å². The molecule has 0 aliphatic rings. The molecule has 2 aromatic rings. The van der Waals surface area contributed by atoms with Gasteiger partial charge in [0.25, 0.3) is 0 Å². The van der Waals surface area contributed by atoms with Gasteiger partial charge in [-0.05, 0) is 25.0 Å². The second-order valence-corrected chi connectivity index (χ2v) is 4.27. The Morgan fingerprint density at radius 2 is 2.00 bits per heavy atom. The van der Waals surface area contributed by atoms with Crippen LogP contribution in [0.1, 0.15) is 17.0 Å². The molecule has 4 heteroatoms. The monoisotopic (exact) mass is 243 g/mol. The maximum absolute atomic E-state index is 5.81. The predicted molar refractivity (Wildman–Crippen MR) is 72.1 cm³/mol. The van der Waals surface area contributed by atoms with E-state index in [4.69, 9.17) is 10.5 Å². The summed E-state index contributed by atoms with van der Waals surface area (Å²) in [7, 11) is 1.62. The van der Waals surface area contributed by atoms with Gasteiger partial charge in [-0.2, -0.15) is 0 Å². The highest BCUT2D eigenvalue weighted by Crippen LogP contribution is 2.24. The van der Waals surface area contributed by atoms with E-state index in [0.717, 1.165) is 11.3 Å². The van der Waals surface area contributed by atoms with E-state index < -0.39 is 0 Å². The van der Waals surface area contributed by atoms with Crippen LogP contribution in [0.2, 0.25) is 0 Å². The summed E-state index contributed by atoms with van der Waals surface area (Å²) in [4.78, 5) is 8.62. The first-order valence-electron chi connectivity index (χ1n) is 5.80. The van der Waals surface area contributed by atoms with Gasteiger partial charge in [-0.25, -0.2) is 9.97 Å². The van der Waals surface area contributed by atoms with Crippen LogP contribution in [0.25, 0.3) is 11.3 Å². The molecule has 18 heavy (non-hydrogen) atoms. The topological polar surface area (TPSA) is 61.0 Å². The summed E-state index contributed by atoms with van der Waals surface area (Å²) < 4.78 is 5.05. The van der Waals surface area contributed by atoms with Gasteiger partial charge in [0.05, 0.1) is 5.69 Å². The van der Waals surface area contributed by atoms with Crippen LogP contribution in [0.15, 0.2) is 24.3 Å². The summed E-state index contributed by atoms with van der Waals surface area (Å²) in [6.45, 7) is 4.53. The van der Waals surface area contributed by atoms with Gasteiger partial charge < -0.3 is 10.5 Å². The second-order valence-electron chi connectivity index (χ2n) is 4.27. The SMILES string of the molecule is COCc1nc(N)cc(-c2cccc(C)c2C)n1. The third-order valence-electron chi connectivity index (χ3n) is 2.95. The standard InChI is InChI=1S/C14H17N3O/c1-9-5-4-6-11(10(9)2)12-7-13(15)17-14(16-12)8-18-3/h4-7H,8H2,1-3H3,(H2,15,16,17). The Kier molecular flexibility index (Phi) is 3.58. The third-order valence-corrected chi connectivity index (χ3v) is 2.95. The molecule has 1 aromatic heterocycles. The zero-order chi connectivity index (χ0) is 13.1. The molecule has 0 radical (unpaired) electrons. The first-order chi connectivity index (χ1) is 8.61. The zero-order valence-electron chi connectivity index (χ0n) is 10.9. The number of rotatable bonds is 3. The molecule has 0 aliphatic carbocycles. The second kappa shape index (κ2) is 5.14. The smallest absolute Gasteiger partial charge is 0.157 e. The van der Waals surface area contributed by atoms with Gasteiger partial charge in [0.2, 0.25) is 0 Å². The first-order valence-corrected chi connectivity index (χ1v) is 5.80. The molecule has 1 aromatic carbocycles. The van der Waals surface area contributed by atoms with E-state index in [0.29, 0.717) is 18.2 Å². The quantitative estimate of drug-likeness (QED) is 0.899. The highest BCUT2D eigenvalue weighted by atomic mass is 16.5. The Morgan fingerprint density at radius 1 is 1.22 bits per heavy atom. The van der Waals surface area contributed by atoms with Crippen molar-refractivity contribution in [3.05, 3.63) is 41.2 Å². The van der Waals surface area contributed by atoms with Crippen molar-refractivity contribution in [2.45, 2.75) is 20.5 Å². The maximum Gasteiger partial charge on any atom is 0.157 e. The number of hydrogen-bond acceptors (Lipinski definition) is 4. The largest absolute Gasteiger partial charge is 0.384 e. The van der Waals surface area contributed by atoms with E-state index in [1.807, 2.05) is 12.1 Å². The van der Waals surface area contributed by atoms with Crippen molar-refractivity contribution < 1.29 is 4.74 Å². The molecule has 4 nitrogen and oxygen atoms in total. The van der Waals surface area contributed by atoms with E-state index in [1.165, 1.54) is 11.1 Å². The van der Waals surface area contributed by atoms with Crippen molar-refractivity contribution in [3.63, 3.8) is 0 Å². The summed E-state index contributed by atoms with van der Waals surface area (Å²) in [5.41, 5.74) is 10.2. The Morgan fingerprint density at radius 3 is 2.72 bits per heavy atom. The van der Waals surface area contributed by atoms with E-state index in [2.05, 4.69) is 29.9 Å². The maximum atomic E-state index is 5.81. The van der Waals surface area contributed by atoms with Crippen LogP contribution < -0.4 is 5.73 Å². The highest BCUT2D eigenvalue weighted by molar-refractivity contribution is 5.66. The minimum absolute atomic E-state index is 0.364. The molecule has 94 valence electrons. The van der Waals surface area contributed by atoms with Crippen molar-refractivity contribution in [2.75, 3.05) is 12.8 Å². The molecule has 0 fully saturated rings. The molecular formula is C14H17N3O. The number of nitrogens with two attached hydrogens (primary N) is 1. The fourth-order valence-corrected chi connectivity index (χ4v) is 1.88. The molecule has 0 unspecified atom stereocenters. The van der Waals surface area contributed by atoms with Crippen LogP contribution in [0.4, 0.5) is 5.82 Å². The van der Waals surface area contributed by atoms with E-state index in [-0.39, 0.29) is 0 Å². The number of nitrogen functional groups attached to an aromatic ring is 1. The minimum atomic E-state index is 0.364. The summed E-state index contributed by atoms with van der Waals surface area (Å²) in [5, 5.41) is 0. The van der Waals surface area contributed by atoms with Crippen molar-refractivity contribution in [1.29, 1.82) is 0 Å². The van der Waals surface area contributed by atoms with Crippen LogP contribution in [0.5, 0.6) is 0 Å². The van der Waals surface area contributed by atoms with Crippen LogP contribution >= 0.6 is 0 Å². The number of methoxy groups -OCH3 is 1. The Labute approximate surface area is 107 Å². The average Bonchev–Trinajstić information content (AvgIpc) is 2.32. The third kappa shape index (κ3) is 2.49. The fourth-order valence-electron chi connectivity index (χ4n) is 1.88. The minimum Gasteiger partial charge on any atom is -0.384 e. The first kappa shape index (κ1) is 12.5. The van der Waals surface area contributed by atoms with Crippen LogP contribution in [0, 0.1) is 13.8 Å². The van der Waals surface area contributed by atoms with Crippen LogP contribution in [0.3, 0.4) is 0 Å². The normalized spacial score (nSPS) is 10.6. The number of hydrogen-bond donors (Lipinski definition) is 1. The van der Waals surface area contributed by atoms with Gasteiger partial charge >= 0.3 is 0 Å². The average molecular weight is 243 g/mol. The molecule has 0 atom stereocenters. The van der Waals surface area contributed by atoms with Gasteiger partial charge in [-0.3, -0.25) is 0 Å². The van der Waals surface area contributed by atoms with Crippen LogP contribution in [-0.4, -0.2) is 17.1 Å². The lowest BCUT2D eigenvalue weighted by atomic mass is 10.0. The lowest BCUT2D eigenvalue weighted by Gasteiger charge is -2.10. The molecular weight excluding hydrogens is 226 g/mol. The van der Waals surface area contributed by atoms with Crippen molar-refractivity contribution in [1.82, 2.24) is 9.97 Å². The molecule has 2 N–H and O–H groups in total. The van der Waals surface area contributed by atoms with Gasteiger partial charge in [-0.15, -0.1) is 0 Å². The van der Waals surface area contributed by atoms with E-state index in [9.17, 15) is 0 Å². The predicted octanol–water partition coefficient (Wildman–Crippen LogP) is 2.49. The fraction of sp³-hybridized carbons (Fsp3) is 0.286. The lowest BCUT2D eigenvalue weighted by molar-refractivity contribution is 0.178. The Balaban J connectivity index is 2.53. The summed E-state index contributed by atoms with van der Waals surface area (Å²) in [6.07, 6.45) is 0. The summed E-state index contributed by atoms with van der Waals surface area (Å²) in [6, 6.07) is 7.94. The number of aryl methyl sites for hydroxylation is 1. The number of anilines is 1. The molecule has 0 aliphatic heterocycles. The van der Waals surface area contributed by atoms with Crippen molar-refractivity contribution in [2.24, 2.45) is 0 Å². The Bertz CT molecular complexity index is 567. The van der Waals surface area contributed by atoms with E-state index >= 15 is 0 Å². The summed E-state index contributed by atoms with van der Waals surface area (Å²) >= 11 is 0. The Hall–Kier alpha value is -1.94. The van der Waals surface area contributed by atoms with E-state index in [1.54, 1.807) is 13.2 Å². The molecule has 0 amide bonds. The molecule has 0 saturated heterocycles. The van der Waals surface area contributed by atoms with Crippen molar-refractivity contribution >= 4 is 5.82 Å². The highest BCUT2D eigenvalue weighted by Gasteiger charge is 2.08. The number of ether oxygens (including phenoxy) is 1. The van der Waals surface area contributed by atoms with Gasteiger partial charge in [0, 0.05) is 18.7 Å². The lowest BCUT2D eigenvalue weighted by Crippen LogP contribution is -2.03.